The monoisotopic (exact) mass is 237 g/mol. The Bertz CT molecular complexity index is 354. The second-order valence-corrected chi connectivity index (χ2v) is 4.97. The molecule has 4 nitrogen and oxygen atoms in total. The lowest BCUT2D eigenvalue weighted by atomic mass is 9.84. The summed E-state index contributed by atoms with van der Waals surface area (Å²) in [4.78, 5) is 0. The molecule has 0 atom stereocenters. The molecule has 0 bridgehead atoms. The third-order valence-electron chi connectivity index (χ3n) is 3.82. The van der Waals surface area contributed by atoms with Gasteiger partial charge < -0.3 is 10.1 Å². The molecule has 96 valence electrons. The number of rotatable bonds is 4. The molecule has 0 spiro atoms. The van der Waals surface area contributed by atoms with E-state index >= 15 is 0 Å². The number of anilines is 1. The average Bonchev–Trinajstić information content (AvgIpc) is 2.70. The van der Waals surface area contributed by atoms with Crippen LogP contribution in [0.4, 0.5) is 5.82 Å². The molecule has 1 aliphatic carbocycles. The van der Waals surface area contributed by atoms with Crippen molar-refractivity contribution in [3.05, 3.63) is 6.07 Å². The molecular formula is C13H23N3O. The van der Waals surface area contributed by atoms with Crippen molar-refractivity contribution in [1.82, 2.24) is 9.78 Å². The molecule has 1 saturated carbocycles. The fourth-order valence-corrected chi connectivity index (χ4v) is 2.64. The Morgan fingerprint density at radius 3 is 2.65 bits per heavy atom. The van der Waals surface area contributed by atoms with Gasteiger partial charge in [0.2, 0.25) is 5.88 Å². The molecule has 1 fully saturated rings. The average molecular weight is 237 g/mol. The topological polar surface area (TPSA) is 39.1 Å². The normalized spacial score (nSPS) is 24.6. The summed E-state index contributed by atoms with van der Waals surface area (Å²) in [5.74, 6) is 2.67. The van der Waals surface area contributed by atoms with Gasteiger partial charge in [0.15, 0.2) is 5.82 Å². The van der Waals surface area contributed by atoms with Crippen LogP contribution in [0.5, 0.6) is 5.88 Å². The Morgan fingerprint density at radius 2 is 2.12 bits per heavy atom. The number of nitrogens with zero attached hydrogens (tertiary/aromatic N) is 2. The van der Waals surface area contributed by atoms with Gasteiger partial charge in [0, 0.05) is 19.2 Å². The molecule has 0 amide bonds. The Morgan fingerprint density at radius 1 is 1.41 bits per heavy atom. The van der Waals surface area contributed by atoms with Crippen LogP contribution in [0.2, 0.25) is 0 Å². The van der Waals surface area contributed by atoms with Crippen LogP contribution in [0.1, 0.15) is 39.0 Å². The van der Waals surface area contributed by atoms with Crippen molar-refractivity contribution in [2.45, 2.75) is 45.1 Å². The lowest BCUT2D eigenvalue weighted by Crippen LogP contribution is -2.26. The third-order valence-corrected chi connectivity index (χ3v) is 3.82. The summed E-state index contributed by atoms with van der Waals surface area (Å²) < 4.78 is 6.97. The van der Waals surface area contributed by atoms with E-state index < -0.39 is 0 Å². The van der Waals surface area contributed by atoms with Gasteiger partial charge in [-0.25, -0.2) is 4.68 Å². The van der Waals surface area contributed by atoms with Crippen molar-refractivity contribution >= 4 is 5.82 Å². The number of ether oxygens (including phenoxy) is 1. The van der Waals surface area contributed by atoms with E-state index in [9.17, 15) is 0 Å². The minimum Gasteiger partial charge on any atom is -0.481 e. The summed E-state index contributed by atoms with van der Waals surface area (Å²) in [5.41, 5.74) is 0. The fraction of sp³-hybridized carbons (Fsp3) is 0.769. The van der Waals surface area contributed by atoms with Crippen LogP contribution in [0.3, 0.4) is 0 Å². The summed E-state index contributed by atoms with van der Waals surface area (Å²) in [6.07, 6.45) is 6.54. The number of hydrogen-bond acceptors (Lipinski definition) is 3. The van der Waals surface area contributed by atoms with Crippen molar-refractivity contribution in [3.63, 3.8) is 0 Å². The third kappa shape index (κ3) is 2.93. The van der Waals surface area contributed by atoms with Crippen LogP contribution in [-0.4, -0.2) is 22.9 Å². The van der Waals surface area contributed by atoms with Crippen LogP contribution in [0.15, 0.2) is 6.07 Å². The van der Waals surface area contributed by atoms with Gasteiger partial charge in [-0.3, -0.25) is 0 Å². The van der Waals surface area contributed by atoms with Crippen molar-refractivity contribution in [1.29, 1.82) is 0 Å². The molecule has 0 saturated heterocycles. The van der Waals surface area contributed by atoms with Crippen LogP contribution >= 0.6 is 0 Å². The Kier molecular flexibility index (Phi) is 3.92. The number of methoxy groups -OCH3 is 1. The molecule has 1 N–H and O–H groups in total. The van der Waals surface area contributed by atoms with Crippen LogP contribution < -0.4 is 10.1 Å². The van der Waals surface area contributed by atoms with Crippen LogP contribution in [0.25, 0.3) is 0 Å². The first-order chi connectivity index (χ1) is 8.22. The Labute approximate surface area is 103 Å². The summed E-state index contributed by atoms with van der Waals surface area (Å²) in [6, 6.07) is 2.55. The molecule has 17 heavy (non-hydrogen) atoms. The SMILES string of the molecule is CCC1CCC(Nc2cc(OC)n(C)n2)CC1. The number of hydrogen-bond donors (Lipinski definition) is 1. The van der Waals surface area contributed by atoms with E-state index in [-0.39, 0.29) is 0 Å². The number of aromatic nitrogens is 2. The zero-order chi connectivity index (χ0) is 12.3. The molecule has 0 aliphatic heterocycles. The molecule has 1 aromatic heterocycles. The molecule has 0 aromatic carbocycles. The Hall–Kier alpha value is -1.19. The molecule has 1 aliphatic rings. The molecule has 0 radical (unpaired) electrons. The van der Waals surface area contributed by atoms with Crippen LogP contribution in [-0.2, 0) is 7.05 Å². The second-order valence-electron chi connectivity index (χ2n) is 4.97. The van der Waals surface area contributed by atoms with Gasteiger partial charge in [-0.1, -0.05) is 13.3 Å². The van der Waals surface area contributed by atoms with Gasteiger partial charge in [-0.15, -0.1) is 0 Å². The minimum absolute atomic E-state index is 0.581. The first kappa shape index (κ1) is 12.3. The fourth-order valence-electron chi connectivity index (χ4n) is 2.64. The first-order valence-electron chi connectivity index (χ1n) is 6.57. The number of aryl methyl sites for hydroxylation is 1. The predicted octanol–water partition coefficient (Wildman–Crippen LogP) is 2.81. The maximum Gasteiger partial charge on any atom is 0.213 e. The van der Waals surface area contributed by atoms with E-state index in [1.54, 1.807) is 11.8 Å². The van der Waals surface area contributed by atoms with Crippen molar-refractivity contribution < 1.29 is 4.74 Å². The lowest BCUT2D eigenvalue weighted by Gasteiger charge is -2.28. The van der Waals surface area contributed by atoms with Crippen molar-refractivity contribution in [2.75, 3.05) is 12.4 Å². The van der Waals surface area contributed by atoms with Gasteiger partial charge in [0.25, 0.3) is 0 Å². The van der Waals surface area contributed by atoms with E-state index in [4.69, 9.17) is 4.74 Å². The summed E-state index contributed by atoms with van der Waals surface area (Å²) in [5, 5.41) is 7.90. The van der Waals surface area contributed by atoms with Gasteiger partial charge >= 0.3 is 0 Å². The van der Waals surface area contributed by atoms with Crippen LogP contribution in [0, 0.1) is 5.92 Å². The highest BCUT2D eigenvalue weighted by Crippen LogP contribution is 2.28. The summed E-state index contributed by atoms with van der Waals surface area (Å²) in [7, 11) is 3.57. The summed E-state index contributed by atoms with van der Waals surface area (Å²) in [6.45, 7) is 2.29. The first-order valence-corrected chi connectivity index (χ1v) is 6.57. The van der Waals surface area contributed by atoms with Crippen molar-refractivity contribution in [2.24, 2.45) is 13.0 Å². The maximum absolute atomic E-state index is 5.21. The van der Waals surface area contributed by atoms with Gasteiger partial charge in [-0.2, -0.15) is 5.10 Å². The van der Waals surface area contributed by atoms with E-state index in [0.717, 1.165) is 17.6 Å². The molecule has 4 heteroatoms. The highest BCUT2D eigenvalue weighted by atomic mass is 16.5. The standard InChI is InChI=1S/C13H23N3O/c1-4-10-5-7-11(8-6-10)14-12-9-13(17-3)16(2)15-12/h9-11H,4-8H2,1-3H3,(H,14,15). The quantitative estimate of drug-likeness (QED) is 0.875. The Balaban J connectivity index is 1.88. The highest BCUT2D eigenvalue weighted by Gasteiger charge is 2.20. The molecule has 1 heterocycles. The number of nitrogens with one attached hydrogen (secondary N) is 1. The maximum atomic E-state index is 5.21. The van der Waals surface area contributed by atoms with Crippen molar-refractivity contribution in [3.8, 4) is 5.88 Å². The smallest absolute Gasteiger partial charge is 0.213 e. The van der Waals surface area contributed by atoms with E-state index in [2.05, 4.69) is 17.3 Å². The van der Waals surface area contributed by atoms with Gasteiger partial charge in [0.1, 0.15) is 0 Å². The highest BCUT2D eigenvalue weighted by molar-refractivity contribution is 5.39. The van der Waals surface area contributed by atoms with E-state index in [0.29, 0.717) is 6.04 Å². The lowest BCUT2D eigenvalue weighted by molar-refractivity contribution is 0.329. The molecule has 2 rings (SSSR count). The zero-order valence-electron chi connectivity index (χ0n) is 11.1. The zero-order valence-corrected chi connectivity index (χ0v) is 11.1. The molecule has 0 unspecified atom stereocenters. The van der Waals surface area contributed by atoms with Gasteiger partial charge in [-0.05, 0) is 31.6 Å². The largest absolute Gasteiger partial charge is 0.481 e. The second kappa shape index (κ2) is 5.43. The van der Waals surface area contributed by atoms with E-state index in [1.165, 1.54) is 32.1 Å². The van der Waals surface area contributed by atoms with Gasteiger partial charge in [0.05, 0.1) is 7.11 Å². The van der Waals surface area contributed by atoms with E-state index in [1.807, 2.05) is 13.1 Å². The molecule has 1 aromatic rings. The summed E-state index contributed by atoms with van der Waals surface area (Å²) >= 11 is 0. The predicted molar refractivity (Wildman–Crippen MR) is 69.4 cm³/mol. The molecular weight excluding hydrogens is 214 g/mol. The minimum atomic E-state index is 0.581.